The van der Waals surface area contributed by atoms with E-state index in [0.29, 0.717) is 11.1 Å². The zero-order chi connectivity index (χ0) is 25.5. The number of H-pyrrole nitrogens is 1. The molecule has 1 heterocycles. The smallest absolute Gasteiger partial charge is 0.387 e. The Morgan fingerprint density at radius 1 is 1.00 bits per heavy atom. The quantitative estimate of drug-likeness (QED) is 0.382. The van der Waals surface area contributed by atoms with Crippen LogP contribution in [0.1, 0.15) is 35.8 Å². The van der Waals surface area contributed by atoms with Crippen molar-refractivity contribution < 1.29 is 42.7 Å². The molecule has 0 radical (unpaired) electrons. The molecule has 0 saturated carbocycles. The van der Waals surface area contributed by atoms with Gasteiger partial charge in [0.25, 0.3) is 0 Å². The molecule has 0 aliphatic carbocycles. The number of esters is 2. The van der Waals surface area contributed by atoms with E-state index in [1.165, 1.54) is 18.5 Å². The van der Waals surface area contributed by atoms with Gasteiger partial charge < -0.3 is 19.3 Å². The first-order chi connectivity index (χ1) is 16.7. The van der Waals surface area contributed by atoms with E-state index in [9.17, 15) is 23.5 Å². The highest BCUT2D eigenvalue weighted by Gasteiger charge is 2.30. The molecule has 1 aromatic heterocycles. The van der Waals surface area contributed by atoms with Gasteiger partial charge in [-0.15, -0.1) is 0 Å². The molecule has 3 aromatic rings. The van der Waals surface area contributed by atoms with Crippen LogP contribution in [-0.4, -0.2) is 23.7 Å². The first-order valence-electron chi connectivity index (χ1n) is 10.2. The fraction of sp³-hybridized carbons (Fsp3) is 0.208. The maximum atomic E-state index is 13.2. The maximum absolute atomic E-state index is 13.2. The molecular weight excluding hydrogens is 507 g/mol. The second-order valence-corrected chi connectivity index (χ2v) is 8.08. The highest BCUT2D eigenvalue weighted by molar-refractivity contribution is 6.35. The van der Waals surface area contributed by atoms with Crippen LogP contribution in [0.15, 0.2) is 60.9 Å². The molecule has 0 saturated heterocycles. The molecule has 0 spiro atoms. The number of carbonyl (C=O) groups is 2. The van der Waals surface area contributed by atoms with Crippen molar-refractivity contribution in [1.29, 1.82) is 0 Å². The first-order valence-corrected chi connectivity index (χ1v) is 11.0. The Kier molecular flexibility index (Phi) is 8.84. The van der Waals surface area contributed by atoms with Gasteiger partial charge in [-0.1, -0.05) is 59.6 Å². The number of ether oxygens (including phenoxy) is 3. The molecule has 11 heteroatoms. The number of alkyl halides is 2. The number of phenolic OH excluding ortho intramolecular Hbond substituents is 1. The van der Waals surface area contributed by atoms with Crippen LogP contribution in [0.25, 0.3) is 0 Å². The average Bonchev–Trinajstić information content (AvgIpc) is 2.80. The van der Waals surface area contributed by atoms with Crippen LogP contribution in [0, 0.1) is 0 Å². The minimum Gasteiger partial charge on any atom is -0.504 e. The van der Waals surface area contributed by atoms with E-state index in [1.54, 1.807) is 30.3 Å². The van der Waals surface area contributed by atoms with Crippen molar-refractivity contribution in [3.63, 3.8) is 0 Å². The van der Waals surface area contributed by atoms with Crippen LogP contribution in [0.2, 0.25) is 10.0 Å². The highest BCUT2D eigenvalue weighted by Crippen LogP contribution is 2.36. The molecule has 0 aliphatic rings. The Balaban J connectivity index is 1.98. The maximum Gasteiger partial charge on any atom is 0.387 e. The second kappa shape index (κ2) is 11.8. The van der Waals surface area contributed by atoms with E-state index in [0.717, 1.165) is 19.1 Å². The van der Waals surface area contributed by atoms with E-state index >= 15 is 0 Å². The number of hydrogen-bond acceptors (Lipinski definition) is 6. The van der Waals surface area contributed by atoms with E-state index in [-0.39, 0.29) is 22.0 Å². The lowest BCUT2D eigenvalue weighted by atomic mass is 10.0. The van der Waals surface area contributed by atoms with Crippen molar-refractivity contribution >= 4 is 35.1 Å². The van der Waals surface area contributed by atoms with Gasteiger partial charge in [-0.3, -0.25) is 4.79 Å². The van der Waals surface area contributed by atoms with Crippen LogP contribution in [0.5, 0.6) is 11.5 Å². The summed E-state index contributed by atoms with van der Waals surface area (Å²) >= 11 is 12.5. The fourth-order valence-electron chi connectivity index (χ4n) is 3.26. The monoisotopic (exact) mass is 526 g/mol. The molecule has 184 valence electrons. The van der Waals surface area contributed by atoms with Gasteiger partial charge in [-0.2, -0.15) is 8.78 Å². The predicted molar refractivity (Wildman–Crippen MR) is 121 cm³/mol. The Hall–Kier alpha value is -3.43. The van der Waals surface area contributed by atoms with Crippen LogP contribution in [-0.2, 0) is 25.5 Å². The van der Waals surface area contributed by atoms with Gasteiger partial charge in [0, 0.05) is 24.5 Å². The summed E-state index contributed by atoms with van der Waals surface area (Å²) in [5.74, 6) is -2.66. The lowest BCUT2D eigenvalue weighted by molar-refractivity contribution is -0.377. The van der Waals surface area contributed by atoms with Crippen molar-refractivity contribution in [2.45, 2.75) is 32.2 Å². The number of rotatable bonds is 9. The minimum atomic E-state index is -3.14. The molecule has 3 rings (SSSR count). The fourth-order valence-corrected chi connectivity index (χ4v) is 3.79. The number of halogens is 4. The number of carbonyl (C=O) groups excluding carboxylic acids is 2. The van der Waals surface area contributed by atoms with Crippen molar-refractivity contribution in [2.75, 3.05) is 0 Å². The molecule has 2 N–H and O–H groups in total. The molecule has 35 heavy (non-hydrogen) atoms. The third-order valence-corrected chi connectivity index (χ3v) is 5.49. The third kappa shape index (κ3) is 7.03. The molecule has 0 bridgehead atoms. The summed E-state index contributed by atoms with van der Waals surface area (Å²) in [5.41, 5.74) is 1.02. The number of aromatic hydroxyl groups is 1. The molecular formula is C24H20Cl2F2NO6+. The van der Waals surface area contributed by atoms with Crippen molar-refractivity contribution in [3.8, 4) is 11.5 Å². The minimum absolute atomic E-state index is 0.0475. The largest absolute Gasteiger partial charge is 0.504 e. The Labute approximate surface area is 209 Å². The van der Waals surface area contributed by atoms with Gasteiger partial charge in [0.05, 0.1) is 0 Å². The van der Waals surface area contributed by atoms with E-state index in [2.05, 4.69) is 9.72 Å². The summed E-state index contributed by atoms with van der Waals surface area (Å²) in [6.07, 6.45) is 0.428. The summed E-state index contributed by atoms with van der Waals surface area (Å²) in [6.45, 7) is -1.99. The summed E-state index contributed by atoms with van der Waals surface area (Å²) in [5, 5.41) is 10.7. The molecule has 2 atom stereocenters. The molecule has 0 fully saturated rings. The lowest BCUT2D eigenvalue weighted by Crippen LogP contribution is -2.24. The van der Waals surface area contributed by atoms with E-state index in [4.69, 9.17) is 32.7 Å². The van der Waals surface area contributed by atoms with Gasteiger partial charge in [0.2, 0.25) is 6.10 Å². The molecule has 0 aliphatic heterocycles. The average molecular weight is 527 g/mol. The number of hydrogen-bond donors (Lipinski definition) is 1. The highest BCUT2D eigenvalue weighted by atomic mass is 35.5. The number of phenols is 1. The zero-order valence-electron chi connectivity index (χ0n) is 18.2. The Morgan fingerprint density at radius 2 is 1.66 bits per heavy atom. The lowest BCUT2D eigenvalue weighted by Gasteiger charge is -2.23. The Bertz CT molecular complexity index is 1180. The summed E-state index contributed by atoms with van der Waals surface area (Å²) in [7, 11) is 0. The van der Waals surface area contributed by atoms with Crippen molar-refractivity contribution in [2.24, 2.45) is 0 Å². The van der Waals surface area contributed by atoms with Crippen LogP contribution in [0.4, 0.5) is 8.78 Å². The molecule has 7 nitrogen and oxygen atoms in total. The predicted octanol–water partition coefficient (Wildman–Crippen LogP) is 5.25. The molecule has 0 amide bonds. The number of nitrogens with one attached hydrogen (secondary N) is 1. The summed E-state index contributed by atoms with van der Waals surface area (Å²) in [6, 6.07) is 11.8. The molecule has 0 unspecified atom stereocenters. The van der Waals surface area contributed by atoms with E-state index < -0.39 is 42.3 Å². The van der Waals surface area contributed by atoms with E-state index in [1.807, 2.05) is 0 Å². The standard InChI is InChI=1S/C24H19Cl2F2NO6/c1-13(30)33-22(14-5-3-2-4-6-14)23(32)34-21(10-16-17(25)11-29-12-18(16)26)15-7-8-20(19(31)9-15)35-24(27)28/h2-9,11-12,21-22,24,31H,10H2,1H3/p+1/t21-,22-/m0/s1. The van der Waals surface area contributed by atoms with Crippen LogP contribution >= 0.6 is 23.2 Å². The van der Waals surface area contributed by atoms with Gasteiger partial charge in [0.15, 0.2) is 23.9 Å². The van der Waals surface area contributed by atoms with Gasteiger partial charge in [-0.25, -0.2) is 9.78 Å². The van der Waals surface area contributed by atoms with Gasteiger partial charge in [-0.05, 0) is 17.7 Å². The summed E-state index contributed by atoms with van der Waals surface area (Å²) in [4.78, 5) is 27.6. The Morgan fingerprint density at radius 3 is 2.23 bits per heavy atom. The SMILES string of the molecule is CC(=O)O[C@H](C(=O)O[C@@H](Cc1c(Cl)c[nH+]cc1Cl)c1ccc(OC(F)F)c(O)c1)c1ccccc1. The van der Waals surface area contributed by atoms with Gasteiger partial charge >= 0.3 is 18.6 Å². The third-order valence-electron chi connectivity index (χ3n) is 4.82. The number of benzene rings is 2. The second-order valence-electron chi connectivity index (χ2n) is 7.27. The molecule has 2 aromatic carbocycles. The number of aromatic amines is 1. The first kappa shape index (κ1) is 26.2. The zero-order valence-corrected chi connectivity index (χ0v) is 19.7. The summed E-state index contributed by atoms with van der Waals surface area (Å²) < 4.78 is 40.3. The number of aromatic nitrogens is 1. The van der Waals surface area contributed by atoms with Crippen molar-refractivity contribution in [1.82, 2.24) is 0 Å². The van der Waals surface area contributed by atoms with Gasteiger partial charge in [0.1, 0.15) is 16.1 Å². The number of pyridine rings is 1. The van der Waals surface area contributed by atoms with Crippen LogP contribution in [0.3, 0.4) is 0 Å². The topological polar surface area (TPSA) is 96.2 Å². The normalized spacial score (nSPS) is 12.6. The van der Waals surface area contributed by atoms with Crippen molar-refractivity contribution in [3.05, 3.63) is 87.7 Å². The van der Waals surface area contributed by atoms with Crippen LogP contribution < -0.4 is 9.72 Å².